The molecule has 3 aliphatic heterocycles. The molecule has 3 saturated heterocycles. The molecule has 0 radical (unpaired) electrons. The third-order valence-corrected chi connectivity index (χ3v) is 6.83. The first kappa shape index (κ1) is 18.8. The average molecular weight is 407 g/mol. The van der Waals surface area contributed by atoms with Crippen LogP contribution >= 0.6 is 0 Å². The van der Waals surface area contributed by atoms with Crippen molar-refractivity contribution >= 4 is 17.8 Å². The van der Waals surface area contributed by atoms with Gasteiger partial charge in [0, 0.05) is 55.6 Å². The fraction of sp³-hybridized carbons (Fsp3) is 0.455. The molecule has 1 spiro atoms. The number of aromatic nitrogens is 2. The van der Waals surface area contributed by atoms with Gasteiger partial charge in [-0.05, 0) is 37.1 Å². The summed E-state index contributed by atoms with van der Waals surface area (Å²) < 4.78 is 5.24. The number of amides is 2. The maximum Gasteiger partial charge on any atom is 0.253 e. The van der Waals surface area contributed by atoms with Crippen molar-refractivity contribution in [2.45, 2.75) is 18.4 Å². The fourth-order valence-corrected chi connectivity index (χ4v) is 5.22. The Morgan fingerprint density at radius 3 is 2.67 bits per heavy atom. The van der Waals surface area contributed by atoms with Crippen molar-refractivity contribution in [1.29, 1.82) is 0 Å². The van der Waals surface area contributed by atoms with Crippen molar-refractivity contribution < 1.29 is 14.3 Å². The molecule has 2 atom stereocenters. The summed E-state index contributed by atoms with van der Waals surface area (Å²) in [6, 6.07) is 9.05. The molecule has 1 N–H and O–H groups in total. The van der Waals surface area contributed by atoms with Gasteiger partial charge in [-0.1, -0.05) is 6.07 Å². The molecule has 4 heterocycles. The summed E-state index contributed by atoms with van der Waals surface area (Å²) in [5.41, 5.74) is 0.378. The summed E-state index contributed by atoms with van der Waals surface area (Å²) in [6.07, 6.45) is 4.99. The van der Waals surface area contributed by atoms with Crippen LogP contribution in [0.3, 0.4) is 0 Å². The summed E-state index contributed by atoms with van der Waals surface area (Å²) >= 11 is 0. The molecular weight excluding hydrogens is 382 g/mol. The first-order valence-electron chi connectivity index (χ1n) is 10.4. The van der Waals surface area contributed by atoms with E-state index in [-0.39, 0.29) is 29.2 Å². The van der Waals surface area contributed by atoms with E-state index in [4.69, 9.17) is 4.74 Å². The Kier molecular flexibility index (Phi) is 4.56. The van der Waals surface area contributed by atoms with Gasteiger partial charge < -0.3 is 19.9 Å². The predicted octanol–water partition coefficient (Wildman–Crippen LogP) is 1.34. The Morgan fingerprint density at radius 2 is 1.93 bits per heavy atom. The molecule has 30 heavy (non-hydrogen) atoms. The molecule has 0 unspecified atom stereocenters. The lowest BCUT2D eigenvalue weighted by atomic mass is 9.75. The van der Waals surface area contributed by atoms with E-state index >= 15 is 0 Å². The Balaban J connectivity index is 1.29. The number of piperidine rings is 1. The maximum absolute atomic E-state index is 13.0. The van der Waals surface area contributed by atoms with Gasteiger partial charge in [-0.25, -0.2) is 9.97 Å². The van der Waals surface area contributed by atoms with Gasteiger partial charge in [0.05, 0.1) is 13.0 Å². The number of methoxy groups -OCH3 is 1. The largest absolute Gasteiger partial charge is 0.497 e. The number of benzene rings is 1. The zero-order valence-electron chi connectivity index (χ0n) is 17.0. The van der Waals surface area contributed by atoms with E-state index in [0.717, 1.165) is 19.4 Å². The van der Waals surface area contributed by atoms with Crippen molar-refractivity contribution in [3.63, 3.8) is 0 Å². The van der Waals surface area contributed by atoms with Crippen molar-refractivity contribution in [3.8, 4) is 5.75 Å². The molecule has 1 aromatic carbocycles. The Bertz CT molecular complexity index is 958. The number of hydrogen-bond donors (Lipinski definition) is 1. The molecule has 8 nitrogen and oxygen atoms in total. The van der Waals surface area contributed by atoms with Crippen LogP contribution in [0.1, 0.15) is 23.2 Å². The molecule has 2 amide bonds. The van der Waals surface area contributed by atoms with E-state index in [0.29, 0.717) is 36.9 Å². The van der Waals surface area contributed by atoms with Gasteiger partial charge in [-0.2, -0.15) is 0 Å². The van der Waals surface area contributed by atoms with E-state index in [1.165, 1.54) is 0 Å². The summed E-state index contributed by atoms with van der Waals surface area (Å²) in [4.78, 5) is 38.4. The second-order valence-corrected chi connectivity index (χ2v) is 8.34. The number of fused-ring (bicyclic) bond motifs is 2. The van der Waals surface area contributed by atoms with Gasteiger partial charge in [0.1, 0.15) is 5.75 Å². The zero-order chi connectivity index (χ0) is 20.7. The summed E-state index contributed by atoms with van der Waals surface area (Å²) in [6.45, 7) is 2.66. The van der Waals surface area contributed by atoms with Gasteiger partial charge in [-0.15, -0.1) is 0 Å². The highest BCUT2D eigenvalue weighted by Crippen LogP contribution is 2.44. The van der Waals surface area contributed by atoms with Crippen LogP contribution in [-0.4, -0.2) is 65.5 Å². The lowest BCUT2D eigenvalue weighted by Crippen LogP contribution is -2.56. The number of nitrogens with zero attached hydrogens (tertiary/aromatic N) is 4. The molecule has 0 aliphatic carbocycles. The highest BCUT2D eigenvalue weighted by atomic mass is 16.5. The fourth-order valence-electron chi connectivity index (χ4n) is 5.22. The first-order chi connectivity index (χ1) is 14.6. The molecule has 0 bridgehead atoms. The van der Waals surface area contributed by atoms with Crippen molar-refractivity contribution in [2.75, 3.05) is 38.2 Å². The minimum atomic E-state index is -0.254. The molecule has 3 aliphatic rings. The third kappa shape index (κ3) is 3.07. The topological polar surface area (TPSA) is 87.7 Å². The van der Waals surface area contributed by atoms with Crippen LogP contribution in [0.2, 0.25) is 0 Å². The lowest BCUT2D eigenvalue weighted by Gasteiger charge is -2.42. The summed E-state index contributed by atoms with van der Waals surface area (Å²) in [5.74, 6) is 1.65. The SMILES string of the molecule is COc1cccc(C(=O)N2CCC3(CC2)NC(=O)[C@H]2CN(c4ncccn4)C[C@H]23)c1. The second-order valence-electron chi connectivity index (χ2n) is 8.34. The molecule has 3 fully saturated rings. The number of likely N-dealkylation sites (tertiary alicyclic amines) is 1. The zero-order valence-corrected chi connectivity index (χ0v) is 17.0. The highest BCUT2D eigenvalue weighted by Gasteiger charge is 2.57. The quantitative estimate of drug-likeness (QED) is 0.826. The third-order valence-electron chi connectivity index (χ3n) is 6.83. The second kappa shape index (κ2) is 7.27. The highest BCUT2D eigenvalue weighted by molar-refractivity contribution is 5.94. The van der Waals surface area contributed by atoms with Crippen LogP contribution in [-0.2, 0) is 4.79 Å². The van der Waals surface area contributed by atoms with Crippen LogP contribution in [0.15, 0.2) is 42.7 Å². The lowest BCUT2D eigenvalue weighted by molar-refractivity contribution is -0.122. The van der Waals surface area contributed by atoms with Crippen molar-refractivity contribution in [1.82, 2.24) is 20.2 Å². The number of hydrogen-bond acceptors (Lipinski definition) is 6. The minimum absolute atomic E-state index is 0.00959. The first-order valence-corrected chi connectivity index (χ1v) is 10.4. The number of carbonyl (C=O) groups excluding carboxylic acids is 2. The standard InChI is InChI=1S/C22H25N5O3/c1-30-16-5-2-4-15(12-16)20(29)26-10-6-22(7-11-26)18-14-27(13-17(18)19(28)25-22)21-23-8-3-9-24-21/h2-5,8-9,12,17-18H,6-7,10-11,13-14H2,1H3,(H,25,28)/t17-,18+/m0/s1. The van der Waals surface area contributed by atoms with Gasteiger partial charge in [0.2, 0.25) is 11.9 Å². The Morgan fingerprint density at radius 1 is 1.17 bits per heavy atom. The Labute approximate surface area is 175 Å². The predicted molar refractivity (Wildman–Crippen MR) is 110 cm³/mol. The van der Waals surface area contributed by atoms with Crippen LogP contribution in [0.25, 0.3) is 0 Å². The van der Waals surface area contributed by atoms with Gasteiger partial charge in [0.25, 0.3) is 5.91 Å². The van der Waals surface area contributed by atoms with E-state index in [1.54, 1.807) is 31.6 Å². The van der Waals surface area contributed by atoms with Gasteiger partial charge >= 0.3 is 0 Å². The van der Waals surface area contributed by atoms with Gasteiger partial charge in [-0.3, -0.25) is 9.59 Å². The maximum atomic E-state index is 13.0. The van der Waals surface area contributed by atoms with E-state index in [9.17, 15) is 9.59 Å². The molecule has 156 valence electrons. The van der Waals surface area contributed by atoms with Crippen LogP contribution in [0.4, 0.5) is 5.95 Å². The number of rotatable bonds is 3. The van der Waals surface area contributed by atoms with Crippen LogP contribution in [0, 0.1) is 11.8 Å². The molecular formula is C22H25N5O3. The summed E-state index contributed by atoms with van der Waals surface area (Å²) in [7, 11) is 1.60. The number of carbonyl (C=O) groups is 2. The average Bonchev–Trinajstić information content (AvgIpc) is 3.35. The number of nitrogens with one attached hydrogen (secondary N) is 1. The van der Waals surface area contributed by atoms with Crippen molar-refractivity contribution in [3.05, 3.63) is 48.3 Å². The normalized spacial score (nSPS) is 24.6. The number of ether oxygens (including phenoxy) is 1. The minimum Gasteiger partial charge on any atom is -0.497 e. The van der Waals surface area contributed by atoms with E-state index < -0.39 is 0 Å². The smallest absolute Gasteiger partial charge is 0.253 e. The summed E-state index contributed by atoms with van der Waals surface area (Å²) in [5, 5.41) is 3.30. The molecule has 0 saturated carbocycles. The molecule has 1 aromatic heterocycles. The Hall–Kier alpha value is -3.16. The number of anilines is 1. The molecule has 8 heteroatoms. The van der Waals surface area contributed by atoms with Crippen LogP contribution in [0.5, 0.6) is 5.75 Å². The van der Waals surface area contributed by atoms with Crippen molar-refractivity contribution in [2.24, 2.45) is 11.8 Å². The van der Waals surface area contributed by atoms with E-state index in [2.05, 4.69) is 20.2 Å². The molecule has 2 aromatic rings. The van der Waals surface area contributed by atoms with E-state index in [1.807, 2.05) is 23.1 Å². The van der Waals surface area contributed by atoms with Gasteiger partial charge in [0.15, 0.2) is 0 Å². The monoisotopic (exact) mass is 407 g/mol. The molecule has 5 rings (SSSR count). The van der Waals surface area contributed by atoms with Crippen LogP contribution < -0.4 is 15.0 Å².